The van der Waals surface area contributed by atoms with Crippen molar-refractivity contribution in [1.82, 2.24) is 20.1 Å². The fourth-order valence-corrected chi connectivity index (χ4v) is 2.97. The quantitative estimate of drug-likeness (QED) is 0.547. The molecule has 1 N–H and O–H groups in total. The summed E-state index contributed by atoms with van der Waals surface area (Å²) >= 11 is 6.01. The monoisotopic (exact) mass is 388 g/mol. The van der Waals surface area contributed by atoms with E-state index < -0.39 is 0 Å². The van der Waals surface area contributed by atoms with Gasteiger partial charge in [0.1, 0.15) is 5.69 Å². The van der Waals surface area contributed by atoms with Crippen LogP contribution in [0.15, 0.2) is 85.2 Å². The Hall–Kier alpha value is -3.44. The van der Waals surface area contributed by atoms with E-state index in [1.807, 2.05) is 54.6 Å². The van der Waals surface area contributed by atoms with Crippen molar-refractivity contribution < 1.29 is 4.79 Å². The highest BCUT2D eigenvalue weighted by Crippen LogP contribution is 2.22. The maximum Gasteiger partial charge on any atom is 0.270 e. The first-order valence-corrected chi connectivity index (χ1v) is 9.17. The van der Waals surface area contributed by atoms with Gasteiger partial charge in [-0.2, -0.15) is 5.10 Å². The normalized spacial score (nSPS) is 10.6. The Balaban J connectivity index is 1.68. The Morgan fingerprint density at radius 2 is 1.68 bits per heavy atom. The minimum atomic E-state index is -0.207. The number of aromatic nitrogens is 3. The van der Waals surface area contributed by atoms with Gasteiger partial charge in [-0.05, 0) is 48.0 Å². The first-order chi connectivity index (χ1) is 13.7. The van der Waals surface area contributed by atoms with Crippen LogP contribution in [-0.4, -0.2) is 20.7 Å². The van der Waals surface area contributed by atoms with Crippen LogP contribution in [0.3, 0.4) is 0 Å². The lowest BCUT2D eigenvalue weighted by atomic mass is 10.1. The molecule has 5 nitrogen and oxygen atoms in total. The molecule has 4 aromatic rings. The zero-order valence-electron chi connectivity index (χ0n) is 14.9. The highest BCUT2D eigenvalue weighted by molar-refractivity contribution is 6.30. The number of hydrogen-bond donors (Lipinski definition) is 1. The summed E-state index contributed by atoms with van der Waals surface area (Å²) < 4.78 is 1.64. The largest absolute Gasteiger partial charge is 0.347 e. The van der Waals surface area contributed by atoms with Crippen molar-refractivity contribution in [3.8, 4) is 16.9 Å². The van der Waals surface area contributed by atoms with Crippen molar-refractivity contribution in [2.45, 2.75) is 6.54 Å². The van der Waals surface area contributed by atoms with Crippen molar-refractivity contribution >= 4 is 17.5 Å². The van der Waals surface area contributed by atoms with Crippen LogP contribution in [0.2, 0.25) is 5.02 Å². The SMILES string of the molecule is O=C(NCc1ccncc1)c1cc(-c2ccccc2)nn1-c1ccc(Cl)cc1. The van der Waals surface area contributed by atoms with Gasteiger partial charge < -0.3 is 5.32 Å². The standard InChI is InChI=1S/C22H17ClN4O/c23-18-6-8-19(9-7-18)27-21(14-20(26-27)17-4-2-1-3-5-17)22(28)25-15-16-10-12-24-13-11-16/h1-14H,15H2,(H,25,28). The molecule has 2 aromatic heterocycles. The molecule has 0 aliphatic heterocycles. The Bertz CT molecular complexity index is 1080. The molecule has 2 heterocycles. The molecule has 0 unspecified atom stereocenters. The Labute approximate surface area is 167 Å². The molecule has 2 aromatic carbocycles. The summed E-state index contributed by atoms with van der Waals surface area (Å²) in [6.07, 6.45) is 3.40. The van der Waals surface area contributed by atoms with Gasteiger partial charge in [-0.3, -0.25) is 9.78 Å². The van der Waals surface area contributed by atoms with E-state index in [0.29, 0.717) is 17.3 Å². The van der Waals surface area contributed by atoms with Gasteiger partial charge >= 0.3 is 0 Å². The number of rotatable bonds is 5. The molecular weight excluding hydrogens is 372 g/mol. The number of carbonyl (C=O) groups excluding carboxylic acids is 1. The number of carbonyl (C=O) groups is 1. The van der Waals surface area contributed by atoms with Gasteiger partial charge in [0.25, 0.3) is 5.91 Å². The zero-order valence-corrected chi connectivity index (χ0v) is 15.7. The second kappa shape index (κ2) is 8.06. The second-order valence-corrected chi connectivity index (χ2v) is 6.64. The van der Waals surface area contributed by atoms with Crippen LogP contribution < -0.4 is 5.32 Å². The predicted octanol–water partition coefficient (Wildman–Crippen LogP) is 4.52. The third-order valence-electron chi connectivity index (χ3n) is 4.29. The van der Waals surface area contributed by atoms with Gasteiger partial charge in [0.2, 0.25) is 0 Å². The van der Waals surface area contributed by atoms with Crippen LogP contribution in [0.25, 0.3) is 16.9 Å². The van der Waals surface area contributed by atoms with Crippen LogP contribution in [0.1, 0.15) is 16.1 Å². The van der Waals surface area contributed by atoms with Crippen LogP contribution in [0.4, 0.5) is 0 Å². The number of halogens is 1. The van der Waals surface area contributed by atoms with Gasteiger partial charge in [-0.25, -0.2) is 4.68 Å². The number of nitrogens with zero attached hydrogens (tertiary/aromatic N) is 3. The number of hydrogen-bond acceptors (Lipinski definition) is 3. The third-order valence-corrected chi connectivity index (χ3v) is 4.54. The Morgan fingerprint density at radius 3 is 2.39 bits per heavy atom. The number of benzene rings is 2. The molecule has 0 saturated carbocycles. The van der Waals surface area contributed by atoms with Crippen LogP contribution in [0.5, 0.6) is 0 Å². The van der Waals surface area contributed by atoms with Crippen molar-refractivity contribution in [2.75, 3.05) is 0 Å². The molecule has 0 bridgehead atoms. The lowest BCUT2D eigenvalue weighted by Crippen LogP contribution is -2.25. The highest BCUT2D eigenvalue weighted by atomic mass is 35.5. The molecule has 0 spiro atoms. The Kier molecular flexibility index (Phi) is 5.17. The molecule has 0 fully saturated rings. The second-order valence-electron chi connectivity index (χ2n) is 6.21. The predicted molar refractivity (Wildman–Crippen MR) is 109 cm³/mol. The number of amides is 1. The topological polar surface area (TPSA) is 59.8 Å². The summed E-state index contributed by atoms with van der Waals surface area (Å²) in [6.45, 7) is 0.411. The molecule has 0 atom stereocenters. The fraction of sp³-hybridized carbons (Fsp3) is 0.0455. The maximum absolute atomic E-state index is 12.9. The van der Waals surface area contributed by atoms with Gasteiger partial charge in [-0.1, -0.05) is 41.9 Å². The number of nitrogens with one attached hydrogen (secondary N) is 1. The summed E-state index contributed by atoms with van der Waals surface area (Å²) in [5.41, 5.74) is 3.86. The van der Waals surface area contributed by atoms with E-state index in [4.69, 9.17) is 11.6 Å². The van der Waals surface area contributed by atoms with Gasteiger partial charge in [0, 0.05) is 29.5 Å². The van der Waals surface area contributed by atoms with Gasteiger partial charge in [0.15, 0.2) is 0 Å². The zero-order chi connectivity index (χ0) is 19.3. The van der Waals surface area contributed by atoms with Crippen LogP contribution in [-0.2, 0) is 6.54 Å². The molecule has 6 heteroatoms. The van der Waals surface area contributed by atoms with E-state index in [-0.39, 0.29) is 5.91 Å². The lowest BCUT2D eigenvalue weighted by Gasteiger charge is -2.08. The van der Waals surface area contributed by atoms with Crippen molar-refractivity contribution in [3.63, 3.8) is 0 Å². The molecule has 0 radical (unpaired) electrons. The summed E-state index contributed by atoms with van der Waals surface area (Å²) in [4.78, 5) is 16.9. The third kappa shape index (κ3) is 3.94. The summed E-state index contributed by atoms with van der Waals surface area (Å²) in [5, 5.41) is 8.23. The fourth-order valence-electron chi connectivity index (χ4n) is 2.85. The molecule has 138 valence electrons. The molecule has 0 aliphatic rings. The van der Waals surface area contributed by atoms with Crippen molar-refractivity contribution in [1.29, 1.82) is 0 Å². The lowest BCUT2D eigenvalue weighted by molar-refractivity contribution is 0.0943. The molecule has 28 heavy (non-hydrogen) atoms. The van der Waals surface area contributed by atoms with E-state index in [2.05, 4.69) is 15.4 Å². The van der Waals surface area contributed by atoms with E-state index in [0.717, 1.165) is 22.5 Å². The average Bonchev–Trinajstić information content (AvgIpc) is 3.19. The van der Waals surface area contributed by atoms with Gasteiger partial charge in [0.05, 0.1) is 11.4 Å². The molecule has 0 aliphatic carbocycles. The molecule has 1 amide bonds. The number of pyridine rings is 1. The summed E-state index contributed by atoms with van der Waals surface area (Å²) in [7, 11) is 0. The summed E-state index contributed by atoms with van der Waals surface area (Å²) in [5.74, 6) is -0.207. The average molecular weight is 389 g/mol. The molecular formula is C22H17ClN4O. The Morgan fingerprint density at radius 1 is 0.964 bits per heavy atom. The van der Waals surface area contributed by atoms with Crippen molar-refractivity contribution in [3.05, 3.63) is 101 Å². The highest BCUT2D eigenvalue weighted by Gasteiger charge is 2.17. The first-order valence-electron chi connectivity index (χ1n) is 8.79. The smallest absolute Gasteiger partial charge is 0.270 e. The first kappa shape index (κ1) is 17.9. The molecule has 0 saturated heterocycles. The minimum absolute atomic E-state index is 0.207. The van der Waals surface area contributed by atoms with Crippen molar-refractivity contribution in [2.24, 2.45) is 0 Å². The molecule has 4 rings (SSSR count). The van der Waals surface area contributed by atoms with E-state index in [1.165, 1.54) is 0 Å². The van der Waals surface area contributed by atoms with E-state index in [1.54, 1.807) is 35.3 Å². The van der Waals surface area contributed by atoms with Crippen LogP contribution in [0, 0.1) is 0 Å². The summed E-state index contributed by atoms with van der Waals surface area (Å²) in [6, 6.07) is 22.5. The van der Waals surface area contributed by atoms with E-state index in [9.17, 15) is 4.79 Å². The minimum Gasteiger partial charge on any atom is -0.347 e. The van der Waals surface area contributed by atoms with E-state index >= 15 is 0 Å². The van der Waals surface area contributed by atoms with Gasteiger partial charge in [-0.15, -0.1) is 0 Å². The maximum atomic E-state index is 12.9. The van der Waals surface area contributed by atoms with Crippen LogP contribution >= 0.6 is 11.6 Å².